The molecule has 0 saturated heterocycles. The summed E-state index contributed by atoms with van der Waals surface area (Å²) in [5.74, 6) is -0.319. The summed E-state index contributed by atoms with van der Waals surface area (Å²) in [6.07, 6.45) is 0. The van der Waals surface area contributed by atoms with Crippen molar-refractivity contribution in [3.8, 4) is 0 Å². The Balaban J connectivity index is 1.82. The van der Waals surface area contributed by atoms with Gasteiger partial charge in [0.1, 0.15) is 12.4 Å². The number of rotatable bonds is 3. The molecular weight excluding hydrogens is 384 g/mol. The van der Waals surface area contributed by atoms with Crippen molar-refractivity contribution in [2.24, 2.45) is 0 Å². The zero-order valence-electron chi connectivity index (χ0n) is 11.7. The number of nitrogens with one attached hydrogen (secondary N) is 1. The number of esters is 1. The lowest BCUT2D eigenvalue weighted by Crippen LogP contribution is -2.14. The number of aromatic nitrogens is 2. The Bertz CT molecular complexity index is 955. The second kappa shape index (κ2) is 6.52. The molecular formula is C16H10BrClN2O3. The van der Waals surface area contributed by atoms with Crippen LogP contribution in [0, 0.1) is 0 Å². The first kappa shape index (κ1) is 15.7. The van der Waals surface area contributed by atoms with Crippen LogP contribution in [-0.4, -0.2) is 15.9 Å². The molecule has 5 nitrogen and oxygen atoms in total. The van der Waals surface area contributed by atoms with Crippen molar-refractivity contribution in [2.75, 3.05) is 0 Å². The highest BCUT2D eigenvalue weighted by molar-refractivity contribution is 9.10. The Morgan fingerprint density at radius 2 is 2.04 bits per heavy atom. The first-order valence-electron chi connectivity index (χ1n) is 6.65. The summed E-state index contributed by atoms with van der Waals surface area (Å²) >= 11 is 9.25. The number of hydrogen-bond donors (Lipinski definition) is 1. The van der Waals surface area contributed by atoms with Gasteiger partial charge >= 0.3 is 5.97 Å². The molecule has 2 aromatic carbocycles. The standard InChI is InChI=1S/C16H10BrClN2O3/c17-9-5-6-12(18)11(7-9)16(22)23-8-14-19-13-4-2-1-3-10(13)15(21)20-14/h1-7H,8H2,(H,19,20,21). The number of fused-ring (bicyclic) bond motifs is 1. The summed E-state index contributed by atoms with van der Waals surface area (Å²) in [6, 6.07) is 11.8. The van der Waals surface area contributed by atoms with Gasteiger partial charge in [-0.25, -0.2) is 9.78 Å². The SMILES string of the molecule is O=C(OCc1nc2ccccc2c(=O)[nH]1)c1cc(Br)ccc1Cl. The largest absolute Gasteiger partial charge is 0.454 e. The number of carbonyl (C=O) groups is 1. The van der Waals surface area contributed by atoms with Crippen LogP contribution in [-0.2, 0) is 11.3 Å². The molecule has 3 rings (SSSR count). The smallest absolute Gasteiger partial charge is 0.340 e. The third-order valence-electron chi connectivity index (χ3n) is 3.15. The minimum Gasteiger partial charge on any atom is -0.454 e. The molecule has 0 aliphatic heterocycles. The molecule has 1 aromatic heterocycles. The lowest BCUT2D eigenvalue weighted by atomic mass is 10.2. The van der Waals surface area contributed by atoms with E-state index < -0.39 is 5.97 Å². The van der Waals surface area contributed by atoms with Crippen molar-refractivity contribution < 1.29 is 9.53 Å². The Labute approximate surface area is 144 Å². The topological polar surface area (TPSA) is 72.0 Å². The van der Waals surface area contributed by atoms with Crippen molar-refractivity contribution in [3.05, 3.63) is 73.7 Å². The zero-order valence-corrected chi connectivity index (χ0v) is 14.0. The Hall–Kier alpha value is -2.18. The van der Waals surface area contributed by atoms with E-state index in [2.05, 4.69) is 25.9 Å². The number of nitrogens with zero attached hydrogens (tertiary/aromatic N) is 1. The van der Waals surface area contributed by atoms with Gasteiger partial charge in [0.05, 0.1) is 21.5 Å². The molecule has 0 spiro atoms. The van der Waals surface area contributed by atoms with Crippen LogP contribution in [0.25, 0.3) is 10.9 Å². The molecule has 3 aromatic rings. The average Bonchev–Trinajstić information content (AvgIpc) is 2.55. The van der Waals surface area contributed by atoms with E-state index in [0.717, 1.165) is 0 Å². The molecule has 0 aliphatic rings. The highest BCUT2D eigenvalue weighted by Crippen LogP contribution is 2.22. The van der Waals surface area contributed by atoms with E-state index in [-0.39, 0.29) is 28.6 Å². The van der Waals surface area contributed by atoms with Crippen molar-refractivity contribution in [3.63, 3.8) is 0 Å². The highest BCUT2D eigenvalue weighted by Gasteiger charge is 2.13. The Morgan fingerprint density at radius 3 is 2.87 bits per heavy atom. The van der Waals surface area contributed by atoms with E-state index in [1.807, 2.05) is 0 Å². The number of carbonyl (C=O) groups excluding carboxylic acids is 1. The van der Waals surface area contributed by atoms with Crippen molar-refractivity contribution in [2.45, 2.75) is 6.61 Å². The van der Waals surface area contributed by atoms with Crippen molar-refractivity contribution in [1.82, 2.24) is 9.97 Å². The maximum atomic E-state index is 12.1. The predicted octanol–water partition coefficient (Wildman–Crippen LogP) is 3.70. The fraction of sp³-hybridized carbons (Fsp3) is 0.0625. The minimum absolute atomic E-state index is 0.151. The lowest BCUT2D eigenvalue weighted by molar-refractivity contribution is 0.0462. The van der Waals surface area contributed by atoms with E-state index in [0.29, 0.717) is 15.4 Å². The summed E-state index contributed by atoms with van der Waals surface area (Å²) in [5.41, 5.74) is 0.508. The first-order chi connectivity index (χ1) is 11.0. The number of H-pyrrole nitrogens is 1. The van der Waals surface area contributed by atoms with Crippen LogP contribution >= 0.6 is 27.5 Å². The fourth-order valence-corrected chi connectivity index (χ4v) is 2.62. The minimum atomic E-state index is -0.591. The van der Waals surface area contributed by atoms with Crippen LogP contribution in [0.5, 0.6) is 0 Å². The molecule has 0 saturated carbocycles. The van der Waals surface area contributed by atoms with E-state index in [1.165, 1.54) is 0 Å². The maximum Gasteiger partial charge on any atom is 0.340 e. The summed E-state index contributed by atoms with van der Waals surface area (Å²) in [5, 5.41) is 0.774. The van der Waals surface area contributed by atoms with Gasteiger partial charge in [0.2, 0.25) is 0 Å². The average molecular weight is 394 g/mol. The van der Waals surface area contributed by atoms with Crippen LogP contribution in [0.4, 0.5) is 0 Å². The molecule has 1 heterocycles. The van der Waals surface area contributed by atoms with Gasteiger partial charge in [-0.05, 0) is 30.3 Å². The molecule has 0 amide bonds. The number of para-hydroxylation sites is 1. The molecule has 0 bridgehead atoms. The van der Waals surface area contributed by atoms with Crippen LogP contribution in [0.3, 0.4) is 0 Å². The monoisotopic (exact) mass is 392 g/mol. The Kier molecular flexibility index (Phi) is 4.45. The number of aromatic amines is 1. The van der Waals surface area contributed by atoms with Crippen LogP contribution < -0.4 is 5.56 Å². The van der Waals surface area contributed by atoms with Crippen LogP contribution in [0.1, 0.15) is 16.2 Å². The summed E-state index contributed by atoms with van der Waals surface area (Å²) < 4.78 is 5.89. The van der Waals surface area contributed by atoms with Gasteiger partial charge < -0.3 is 9.72 Å². The number of hydrogen-bond acceptors (Lipinski definition) is 4. The second-order valence-electron chi connectivity index (χ2n) is 4.73. The molecule has 0 fully saturated rings. The summed E-state index contributed by atoms with van der Waals surface area (Å²) in [6.45, 7) is -0.151. The third-order valence-corrected chi connectivity index (χ3v) is 3.97. The fourth-order valence-electron chi connectivity index (χ4n) is 2.07. The quantitative estimate of drug-likeness (QED) is 0.689. The van der Waals surface area contributed by atoms with Crippen molar-refractivity contribution in [1.29, 1.82) is 0 Å². The molecule has 0 radical (unpaired) electrons. The van der Waals surface area contributed by atoms with Crippen molar-refractivity contribution >= 4 is 44.4 Å². The molecule has 116 valence electrons. The molecule has 23 heavy (non-hydrogen) atoms. The number of benzene rings is 2. The van der Waals surface area contributed by atoms with Gasteiger partial charge in [-0.3, -0.25) is 4.79 Å². The zero-order chi connectivity index (χ0) is 16.4. The van der Waals surface area contributed by atoms with Gasteiger partial charge in [0.15, 0.2) is 0 Å². The van der Waals surface area contributed by atoms with Gasteiger partial charge in [-0.1, -0.05) is 39.7 Å². The number of ether oxygens (including phenoxy) is 1. The molecule has 7 heteroatoms. The second-order valence-corrected chi connectivity index (χ2v) is 6.05. The maximum absolute atomic E-state index is 12.1. The van der Waals surface area contributed by atoms with Gasteiger partial charge in [0.25, 0.3) is 5.56 Å². The summed E-state index contributed by atoms with van der Waals surface area (Å²) in [7, 11) is 0. The van der Waals surface area contributed by atoms with E-state index in [4.69, 9.17) is 16.3 Å². The van der Waals surface area contributed by atoms with E-state index in [9.17, 15) is 9.59 Å². The van der Waals surface area contributed by atoms with Crippen LogP contribution in [0.15, 0.2) is 51.7 Å². The lowest BCUT2D eigenvalue weighted by Gasteiger charge is -2.07. The van der Waals surface area contributed by atoms with Gasteiger partial charge in [-0.15, -0.1) is 0 Å². The van der Waals surface area contributed by atoms with Gasteiger partial charge in [0, 0.05) is 4.47 Å². The molecule has 0 atom stereocenters. The van der Waals surface area contributed by atoms with Crippen LogP contribution in [0.2, 0.25) is 5.02 Å². The number of halogens is 2. The van der Waals surface area contributed by atoms with E-state index in [1.54, 1.807) is 42.5 Å². The predicted molar refractivity (Wildman–Crippen MR) is 90.6 cm³/mol. The summed E-state index contributed by atoms with van der Waals surface area (Å²) in [4.78, 5) is 30.9. The Morgan fingerprint density at radius 1 is 1.26 bits per heavy atom. The molecule has 0 aliphatic carbocycles. The molecule has 1 N–H and O–H groups in total. The molecule has 0 unspecified atom stereocenters. The highest BCUT2D eigenvalue weighted by atomic mass is 79.9. The normalized spacial score (nSPS) is 10.7. The van der Waals surface area contributed by atoms with Gasteiger partial charge in [-0.2, -0.15) is 0 Å². The van der Waals surface area contributed by atoms with E-state index >= 15 is 0 Å². The third kappa shape index (κ3) is 3.43. The first-order valence-corrected chi connectivity index (χ1v) is 7.82.